The normalized spacial score (nSPS) is 18.5. The van der Waals surface area contributed by atoms with E-state index in [0.29, 0.717) is 49.9 Å². The van der Waals surface area contributed by atoms with E-state index in [2.05, 4.69) is 39.3 Å². The average molecular weight is 469 g/mol. The molecule has 1 unspecified atom stereocenters. The number of aromatic nitrogens is 2. The summed E-state index contributed by atoms with van der Waals surface area (Å²) in [5, 5.41) is 6.14. The summed E-state index contributed by atoms with van der Waals surface area (Å²) in [6, 6.07) is 6.92. The van der Waals surface area contributed by atoms with E-state index < -0.39 is 6.04 Å². The first kappa shape index (κ1) is 23.0. The van der Waals surface area contributed by atoms with Gasteiger partial charge in [-0.1, -0.05) is 11.8 Å². The predicted molar refractivity (Wildman–Crippen MR) is 129 cm³/mol. The molecule has 2 aromatic heterocycles. The molecule has 2 fully saturated rings. The number of carbonyl (C=O) groups is 3. The van der Waals surface area contributed by atoms with Crippen molar-refractivity contribution in [1.29, 1.82) is 0 Å². The van der Waals surface area contributed by atoms with Crippen molar-refractivity contribution in [2.24, 2.45) is 0 Å². The fraction of sp³-hybridized carbons (Fsp3) is 0.435. The first-order valence-electron chi connectivity index (χ1n) is 11.1. The topological polar surface area (TPSA) is 108 Å². The summed E-state index contributed by atoms with van der Waals surface area (Å²) >= 11 is 1.24. The molecule has 0 spiro atoms. The molecular formula is C23H28N6O3S. The largest absolute Gasteiger partial charge is 0.380 e. The summed E-state index contributed by atoms with van der Waals surface area (Å²) in [5.41, 5.74) is 1.62. The molecule has 174 valence electrons. The van der Waals surface area contributed by atoms with Crippen LogP contribution in [0.3, 0.4) is 0 Å². The van der Waals surface area contributed by atoms with E-state index in [-0.39, 0.29) is 16.9 Å². The van der Waals surface area contributed by atoms with Crippen LogP contribution in [0.5, 0.6) is 0 Å². The summed E-state index contributed by atoms with van der Waals surface area (Å²) in [6.07, 6.45) is 3.81. The number of carbonyl (C=O) groups excluding carboxylic acids is 3. The number of rotatable bonds is 6. The highest BCUT2D eigenvalue weighted by Crippen LogP contribution is 2.25. The van der Waals surface area contributed by atoms with Crippen LogP contribution in [0.2, 0.25) is 0 Å². The maximum atomic E-state index is 12.9. The quantitative estimate of drug-likeness (QED) is 0.663. The molecule has 9 nitrogen and oxygen atoms in total. The molecular weight excluding hydrogens is 440 g/mol. The summed E-state index contributed by atoms with van der Waals surface area (Å²) < 4.78 is 0. The second-order valence-electron chi connectivity index (χ2n) is 8.37. The first-order chi connectivity index (χ1) is 15.9. The van der Waals surface area contributed by atoms with E-state index in [4.69, 9.17) is 0 Å². The summed E-state index contributed by atoms with van der Waals surface area (Å²) in [4.78, 5) is 49.7. The Bertz CT molecular complexity index is 1020. The van der Waals surface area contributed by atoms with Gasteiger partial charge in [-0.15, -0.1) is 0 Å². The first-order valence-corrected chi connectivity index (χ1v) is 12.1. The molecule has 33 heavy (non-hydrogen) atoms. The van der Waals surface area contributed by atoms with Gasteiger partial charge in [0.05, 0.1) is 17.3 Å². The Balaban J connectivity index is 1.34. The minimum absolute atomic E-state index is 0.0138. The Morgan fingerprint density at radius 3 is 2.55 bits per heavy atom. The van der Waals surface area contributed by atoms with E-state index in [9.17, 15) is 14.4 Å². The van der Waals surface area contributed by atoms with Gasteiger partial charge in [-0.05, 0) is 44.5 Å². The maximum absolute atomic E-state index is 12.9. The number of amides is 2. The Kier molecular flexibility index (Phi) is 7.12. The highest BCUT2D eigenvalue weighted by atomic mass is 32.2. The van der Waals surface area contributed by atoms with Crippen LogP contribution in [0.25, 0.3) is 0 Å². The number of thioether (sulfide) groups is 1. The molecule has 4 rings (SSSR count). The number of anilines is 2. The summed E-state index contributed by atoms with van der Waals surface area (Å²) in [6.45, 7) is 6.63. The van der Waals surface area contributed by atoms with Crippen LogP contribution < -0.4 is 15.5 Å². The maximum Gasteiger partial charge on any atom is 0.272 e. The molecule has 2 aliphatic heterocycles. The van der Waals surface area contributed by atoms with Crippen LogP contribution in [0.15, 0.2) is 36.7 Å². The predicted octanol–water partition coefficient (Wildman–Crippen LogP) is 2.02. The fourth-order valence-corrected chi connectivity index (χ4v) is 4.81. The number of hydrogen-bond acceptors (Lipinski definition) is 8. The Morgan fingerprint density at radius 2 is 1.91 bits per heavy atom. The fourth-order valence-electron chi connectivity index (χ4n) is 3.88. The van der Waals surface area contributed by atoms with Gasteiger partial charge in [0, 0.05) is 50.4 Å². The lowest BCUT2D eigenvalue weighted by Gasteiger charge is -2.36. The highest BCUT2D eigenvalue weighted by Gasteiger charge is 2.28. The van der Waals surface area contributed by atoms with Gasteiger partial charge >= 0.3 is 0 Å². The highest BCUT2D eigenvalue weighted by molar-refractivity contribution is 8.14. The zero-order chi connectivity index (χ0) is 23.4. The van der Waals surface area contributed by atoms with E-state index >= 15 is 0 Å². The second kappa shape index (κ2) is 10.2. The average Bonchev–Trinajstić information content (AvgIpc) is 3.23. The smallest absolute Gasteiger partial charge is 0.272 e. The molecule has 4 heterocycles. The molecule has 2 aromatic rings. The second-order valence-corrected chi connectivity index (χ2v) is 9.47. The van der Waals surface area contributed by atoms with Crippen LogP contribution in [-0.4, -0.2) is 75.8 Å². The van der Waals surface area contributed by atoms with Gasteiger partial charge < -0.3 is 20.4 Å². The van der Waals surface area contributed by atoms with Gasteiger partial charge in [-0.25, -0.2) is 4.98 Å². The Hall–Kier alpha value is -3.14. The summed E-state index contributed by atoms with van der Waals surface area (Å²) in [5.74, 6) is 1.10. The van der Waals surface area contributed by atoms with Gasteiger partial charge in [0.15, 0.2) is 5.82 Å². The minimum atomic E-state index is -0.449. The van der Waals surface area contributed by atoms with Gasteiger partial charge in [0.1, 0.15) is 5.69 Å². The zero-order valence-corrected chi connectivity index (χ0v) is 19.6. The molecule has 2 saturated heterocycles. The molecule has 0 saturated carbocycles. The molecule has 10 heteroatoms. The van der Waals surface area contributed by atoms with Crippen LogP contribution in [-0.2, 0) is 4.79 Å². The van der Waals surface area contributed by atoms with Crippen LogP contribution in [0.4, 0.5) is 11.5 Å². The molecule has 1 atom stereocenters. The van der Waals surface area contributed by atoms with E-state index in [1.54, 1.807) is 23.2 Å². The molecule has 0 radical (unpaired) electrons. The lowest BCUT2D eigenvalue weighted by atomic mass is 10.2. The number of pyridine rings is 2. The molecule has 0 aliphatic carbocycles. The van der Waals surface area contributed by atoms with Crippen LogP contribution >= 0.6 is 11.8 Å². The third-order valence-corrected chi connectivity index (χ3v) is 6.59. The van der Waals surface area contributed by atoms with E-state index in [1.807, 2.05) is 12.1 Å². The number of hydrogen-bond donors (Lipinski definition) is 2. The van der Waals surface area contributed by atoms with Crippen molar-refractivity contribution in [3.63, 3.8) is 0 Å². The Morgan fingerprint density at radius 1 is 1.12 bits per heavy atom. The Labute approximate surface area is 197 Å². The summed E-state index contributed by atoms with van der Waals surface area (Å²) in [7, 11) is 0. The van der Waals surface area contributed by atoms with E-state index in [0.717, 1.165) is 17.3 Å². The van der Waals surface area contributed by atoms with Gasteiger partial charge in [0.2, 0.25) is 5.12 Å². The van der Waals surface area contributed by atoms with Gasteiger partial charge in [-0.3, -0.25) is 19.4 Å². The molecule has 0 bridgehead atoms. The van der Waals surface area contributed by atoms with Crippen molar-refractivity contribution in [1.82, 2.24) is 20.2 Å². The van der Waals surface area contributed by atoms with Crippen molar-refractivity contribution in [2.45, 2.75) is 32.4 Å². The third-order valence-electron chi connectivity index (χ3n) is 5.58. The lowest BCUT2D eigenvalue weighted by Crippen LogP contribution is -2.49. The van der Waals surface area contributed by atoms with Gasteiger partial charge in [0.25, 0.3) is 11.8 Å². The van der Waals surface area contributed by atoms with Gasteiger partial charge in [-0.2, -0.15) is 0 Å². The van der Waals surface area contributed by atoms with Crippen LogP contribution in [0, 0.1) is 0 Å². The van der Waals surface area contributed by atoms with Crippen molar-refractivity contribution in [2.75, 3.05) is 42.1 Å². The minimum Gasteiger partial charge on any atom is -0.380 e. The number of nitrogens with zero attached hydrogens (tertiary/aromatic N) is 4. The monoisotopic (exact) mass is 468 g/mol. The molecule has 2 N–H and O–H groups in total. The third kappa shape index (κ3) is 5.44. The number of nitrogens with one attached hydrogen (secondary N) is 2. The SMILES string of the molecule is CC(C)Nc1cccnc1N1CCN(C(=O)c2ccc(C(=O)NC3CCSC3=O)cn2)CC1. The van der Waals surface area contributed by atoms with Crippen molar-refractivity contribution in [3.05, 3.63) is 47.9 Å². The molecule has 2 amide bonds. The van der Waals surface area contributed by atoms with Crippen molar-refractivity contribution >= 4 is 40.2 Å². The van der Waals surface area contributed by atoms with E-state index in [1.165, 1.54) is 18.0 Å². The molecule has 2 aliphatic rings. The molecule has 0 aromatic carbocycles. The van der Waals surface area contributed by atoms with Crippen molar-refractivity contribution < 1.29 is 14.4 Å². The number of piperazine rings is 1. The lowest BCUT2D eigenvalue weighted by molar-refractivity contribution is -0.112. The zero-order valence-electron chi connectivity index (χ0n) is 18.8. The standard InChI is InChI=1S/C23H28N6O3S/c1-15(2)26-17-4-3-8-24-20(17)28-9-11-29(12-10-28)22(31)18-6-5-16(14-25-18)21(30)27-19-7-13-33-23(19)32/h3-6,8,14-15,19,26H,7,9-13H2,1-2H3,(H,27,30). The van der Waals surface area contributed by atoms with Crippen LogP contribution in [0.1, 0.15) is 41.1 Å². The van der Waals surface area contributed by atoms with Crippen molar-refractivity contribution in [3.8, 4) is 0 Å².